The Kier molecular flexibility index (Phi) is 2.74. The molecule has 0 atom stereocenters. The molecule has 3 rings (SSSR count). The van der Waals surface area contributed by atoms with Gasteiger partial charge in [-0.2, -0.15) is 0 Å². The third kappa shape index (κ3) is 1.75. The molecule has 1 heterocycles. The zero-order valence-corrected chi connectivity index (χ0v) is 10.0. The minimum absolute atomic E-state index is 0.345. The first-order chi connectivity index (χ1) is 8.77. The van der Waals surface area contributed by atoms with E-state index in [1.807, 2.05) is 4.57 Å². The second-order valence-electron chi connectivity index (χ2n) is 4.70. The molecule has 1 aromatic heterocycles. The second kappa shape index (κ2) is 4.40. The van der Waals surface area contributed by atoms with Gasteiger partial charge in [0.15, 0.2) is 5.82 Å². The molecule has 1 saturated carbocycles. The maximum atomic E-state index is 13.9. The van der Waals surface area contributed by atoms with Crippen LogP contribution in [0.1, 0.15) is 31.7 Å². The van der Waals surface area contributed by atoms with Crippen molar-refractivity contribution in [1.29, 1.82) is 0 Å². The summed E-state index contributed by atoms with van der Waals surface area (Å²) in [5, 5.41) is 7.96. The van der Waals surface area contributed by atoms with Crippen molar-refractivity contribution in [2.24, 2.45) is 0 Å². The third-order valence-corrected chi connectivity index (χ3v) is 3.56. The minimum Gasteiger partial charge on any atom is -0.398 e. The number of nitrogen functional groups attached to an aromatic ring is 1. The van der Waals surface area contributed by atoms with Crippen LogP contribution >= 0.6 is 0 Å². The quantitative estimate of drug-likeness (QED) is 0.829. The highest BCUT2D eigenvalue weighted by Gasteiger charge is 2.23. The minimum atomic E-state index is -0.345. The lowest BCUT2D eigenvalue weighted by molar-refractivity contribution is 0.520. The summed E-state index contributed by atoms with van der Waals surface area (Å²) in [5.74, 6) is 0.194. The molecule has 0 saturated heterocycles. The Morgan fingerprint density at radius 1 is 1.28 bits per heavy atom. The van der Waals surface area contributed by atoms with Gasteiger partial charge in [0, 0.05) is 11.7 Å². The van der Waals surface area contributed by atoms with Gasteiger partial charge in [-0.1, -0.05) is 18.9 Å². The predicted molar refractivity (Wildman–Crippen MR) is 67.3 cm³/mol. The molecule has 1 aliphatic carbocycles. The van der Waals surface area contributed by atoms with Gasteiger partial charge in [-0.3, -0.25) is 0 Å². The molecular weight excluding hydrogens is 231 g/mol. The van der Waals surface area contributed by atoms with E-state index in [2.05, 4.69) is 10.2 Å². The predicted octanol–water partition coefficient (Wildman–Crippen LogP) is 2.78. The molecule has 5 heteroatoms. The fraction of sp³-hybridized carbons (Fsp3) is 0.385. The third-order valence-electron chi connectivity index (χ3n) is 3.56. The Morgan fingerprint density at radius 2 is 2.06 bits per heavy atom. The van der Waals surface area contributed by atoms with Crippen molar-refractivity contribution in [3.8, 4) is 11.4 Å². The molecule has 1 fully saturated rings. The van der Waals surface area contributed by atoms with E-state index in [1.165, 1.54) is 18.9 Å². The number of anilines is 1. The molecule has 1 aliphatic rings. The van der Waals surface area contributed by atoms with E-state index >= 15 is 0 Å². The Bertz CT molecular complexity index is 538. The molecule has 18 heavy (non-hydrogen) atoms. The number of halogens is 1. The van der Waals surface area contributed by atoms with Gasteiger partial charge in [0.2, 0.25) is 0 Å². The maximum absolute atomic E-state index is 13.9. The Hall–Kier alpha value is -1.91. The lowest BCUT2D eigenvalue weighted by Crippen LogP contribution is -2.07. The van der Waals surface area contributed by atoms with Gasteiger partial charge in [-0.05, 0) is 25.0 Å². The number of aromatic nitrogens is 3. The number of rotatable bonds is 2. The monoisotopic (exact) mass is 246 g/mol. The smallest absolute Gasteiger partial charge is 0.169 e. The van der Waals surface area contributed by atoms with Gasteiger partial charge >= 0.3 is 0 Å². The second-order valence-corrected chi connectivity index (χ2v) is 4.70. The van der Waals surface area contributed by atoms with Crippen molar-refractivity contribution in [3.63, 3.8) is 0 Å². The van der Waals surface area contributed by atoms with E-state index in [1.54, 1.807) is 18.5 Å². The van der Waals surface area contributed by atoms with Crippen LogP contribution in [0.3, 0.4) is 0 Å². The van der Waals surface area contributed by atoms with Gasteiger partial charge in [-0.25, -0.2) is 4.39 Å². The average molecular weight is 246 g/mol. The van der Waals surface area contributed by atoms with E-state index in [4.69, 9.17) is 5.73 Å². The molecule has 94 valence electrons. The molecule has 0 unspecified atom stereocenters. The first kappa shape index (κ1) is 11.2. The zero-order chi connectivity index (χ0) is 12.5. The molecule has 0 amide bonds. The first-order valence-corrected chi connectivity index (χ1v) is 6.21. The number of nitrogens with two attached hydrogens (primary N) is 1. The Morgan fingerprint density at radius 3 is 2.78 bits per heavy atom. The van der Waals surface area contributed by atoms with Gasteiger partial charge < -0.3 is 10.3 Å². The summed E-state index contributed by atoms with van der Waals surface area (Å²) >= 11 is 0. The average Bonchev–Trinajstić information content (AvgIpc) is 2.98. The van der Waals surface area contributed by atoms with Gasteiger partial charge in [0.1, 0.15) is 12.1 Å². The van der Waals surface area contributed by atoms with E-state index < -0.39 is 0 Å². The lowest BCUT2D eigenvalue weighted by Gasteiger charge is -2.14. The first-order valence-electron chi connectivity index (χ1n) is 6.21. The van der Waals surface area contributed by atoms with Crippen molar-refractivity contribution < 1.29 is 4.39 Å². The number of hydrogen-bond acceptors (Lipinski definition) is 3. The Labute approximate surface area is 105 Å². The summed E-state index contributed by atoms with van der Waals surface area (Å²) in [6.07, 6.45) is 6.28. The van der Waals surface area contributed by atoms with E-state index in [0.29, 0.717) is 23.1 Å². The van der Waals surface area contributed by atoms with Crippen LogP contribution in [0.5, 0.6) is 0 Å². The van der Waals surface area contributed by atoms with Crippen molar-refractivity contribution >= 4 is 5.69 Å². The molecule has 0 aliphatic heterocycles. The molecule has 1 aromatic carbocycles. The highest BCUT2D eigenvalue weighted by Crippen LogP contribution is 2.34. The molecule has 0 bridgehead atoms. The highest BCUT2D eigenvalue weighted by molar-refractivity contribution is 5.72. The summed E-state index contributed by atoms with van der Waals surface area (Å²) in [4.78, 5) is 0. The van der Waals surface area contributed by atoms with Crippen LogP contribution in [0.4, 0.5) is 10.1 Å². The topological polar surface area (TPSA) is 56.7 Å². The lowest BCUT2D eigenvalue weighted by atomic mass is 10.1. The van der Waals surface area contributed by atoms with Crippen LogP contribution < -0.4 is 5.73 Å². The summed E-state index contributed by atoms with van der Waals surface area (Å²) in [6, 6.07) is 5.06. The molecule has 2 N–H and O–H groups in total. The fourth-order valence-electron chi connectivity index (χ4n) is 2.65. The standard InChI is InChI=1S/C13H15FN4/c14-10-6-3-7-11(15)12(10)13-17-16-8-18(13)9-4-1-2-5-9/h3,6-9H,1-2,4-5,15H2. The van der Waals surface area contributed by atoms with Crippen molar-refractivity contribution in [1.82, 2.24) is 14.8 Å². The molecule has 2 aromatic rings. The van der Waals surface area contributed by atoms with Gasteiger partial charge in [-0.15, -0.1) is 10.2 Å². The van der Waals surface area contributed by atoms with Crippen LogP contribution in [-0.4, -0.2) is 14.8 Å². The fourth-order valence-corrected chi connectivity index (χ4v) is 2.65. The normalized spacial score (nSPS) is 16.3. The highest BCUT2D eigenvalue weighted by atomic mass is 19.1. The van der Waals surface area contributed by atoms with Crippen molar-refractivity contribution in [2.75, 3.05) is 5.73 Å². The van der Waals surface area contributed by atoms with E-state index in [9.17, 15) is 4.39 Å². The summed E-state index contributed by atoms with van der Waals surface area (Å²) < 4.78 is 15.9. The number of benzene rings is 1. The molecule has 0 radical (unpaired) electrons. The van der Waals surface area contributed by atoms with Crippen LogP contribution in [0.25, 0.3) is 11.4 Å². The van der Waals surface area contributed by atoms with Crippen molar-refractivity contribution in [2.45, 2.75) is 31.7 Å². The van der Waals surface area contributed by atoms with Crippen LogP contribution in [-0.2, 0) is 0 Å². The summed E-state index contributed by atoms with van der Waals surface area (Å²) in [5.41, 5.74) is 6.63. The van der Waals surface area contributed by atoms with Crippen molar-refractivity contribution in [3.05, 3.63) is 30.3 Å². The SMILES string of the molecule is Nc1cccc(F)c1-c1nncn1C1CCCC1. The summed E-state index contributed by atoms with van der Waals surface area (Å²) in [6.45, 7) is 0. The van der Waals surface area contributed by atoms with E-state index in [0.717, 1.165) is 12.8 Å². The maximum Gasteiger partial charge on any atom is 0.169 e. The largest absolute Gasteiger partial charge is 0.398 e. The van der Waals surface area contributed by atoms with Gasteiger partial charge in [0.05, 0.1) is 5.56 Å². The van der Waals surface area contributed by atoms with Crippen LogP contribution in [0.2, 0.25) is 0 Å². The Balaban J connectivity index is 2.09. The van der Waals surface area contributed by atoms with Gasteiger partial charge in [0.25, 0.3) is 0 Å². The van der Waals surface area contributed by atoms with Crippen LogP contribution in [0.15, 0.2) is 24.5 Å². The number of nitrogens with zero attached hydrogens (tertiary/aromatic N) is 3. The molecule has 4 nitrogen and oxygen atoms in total. The molecular formula is C13H15FN4. The molecule has 0 spiro atoms. The number of hydrogen-bond donors (Lipinski definition) is 1. The van der Waals surface area contributed by atoms with E-state index in [-0.39, 0.29) is 5.82 Å². The summed E-state index contributed by atoms with van der Waals surface area (Å²) in [7, 11) is 0. The van der Waals surface area contributed by atoms with Crippen LogP contribution in [0, 0.1) is 5.82 Å². The zero-order valence-electron chi connectivity index (χ0n) is 10.0.